The Hall–Kier alpha value is -2.60. The monoisotopic (exact) mass is 350 g/mol. The molecule has 1 aromatic carbocycles. The van der Waals surface area contributed by atoms with Gasteiger partial charge in [0.25, 0.3) is 0 Å². The molecule has 1 unspecified atom stereocenters. The second kappa shape index (κ2) is 7.11. The fraction of sp³-hybridized carbons (Fsp3) is 0.263. The Kier molecular flexibility index (Phi) is 4.52. The number of carbonyl (C=O) groups excluding carboxylic acids is 1. The highest BCUT2D eigenvalue weighted by Crippen LogP contribution is 2.38. The number of pyridine rings is 1. The number of hydrogen-bond acceptors (Lipinski definition) is 5. The maximum absolute atomic E-state index is 12.2. The number of aromatic nitrogens is 3. The number of carbonyl (C=O) groups is 1. The maximum Gasteiger partial charge on any atom is 0.230 e. The van der Waals surface area contributed by atoms with Crippen molar-refractivity contribution < 1.29 is 4.79 Å². The molecule has 1 amide bonds. The fourth-order valence-electron chi connectivity index (χ4n) is 3.29. The molecule has 2 aromatic heterocycles. The van der Waals surface area contributed by atoms with Gasteiger partial charge < -0.3 is 5.32 Å². The number of rotatable bonds is 4. The van der Waals surface area contributed by atoms with Crippen molar-refractivity contribution in [3.8, 4) is 0 Å². The number of anilines is 1. The number of hydrogen-bond donors (Lipinski definition) is 1. The molecular formula is C19H18N4OS. The van der Waals surface area contributed by atoms with Gasteiger partial charge in [-0.05, 0) is 42.0 Å². The molecule has 3 aromatic rings. The van der Waals surface area contributed by atoms with Crippen molar-refractivity contribution in [2.24, 2.45) is 0 Å². The van der Waals surface area contributed by atoms with E-state index in [9.17, 15) is 4.79 Å². The van der Waals surface area contributed by atoms with Gasteiger partial charge in [-0.25, -0.2) is 0 Å². The van der Waals surface area contributed by atoms with Gasteiger partial charge in [0, 0.05) is 18.3 Å². The summed E-state index contributed by atoms with van der Waals surface area (Å²) in [5, 5.41) is 12.9. The smallest absolute Gasteiger partial charge is 0.230 e. The van der Waals surface area contributed by atoms with E-state index in [2.05, 4.69) is 44.8 Å². The molecule has 0 spiro atoms. The molecule has 1 N–H and O–H groups in total. The minimum absolute atomic E-state index is 0.0975. The highest BCUT2D eigenvalue weighted by molar-refractivity contribution is 7.15. The van der Waals surface area contributed by atoms with Crippen molar-refractivity contribution in [2.45, 2.75) is 31.6 Å². The molecule has 0 fully saturated rings. The fourth-order valence-corrected chi connectivity index (χ4v) is 4.20. The summed E-state index contributed by atoms with van der Waals surface area (Å²) in [5.74, 6) is 0.186. The van der Waals surface area contributed by atoms with Gasteiger partial charge in [-0.2, -0.15) is 0 Å². The zero-order chi connectivity index (χ0) is 17.1. The molecule has 0 radical (unpaired) electrons. The molecule has 4 rings (SSSR count). The summed E-state index contributed by atoms with van der Waals surface area (Å²) in [5.41, 5.74) is 3.63. The molecule has 0 saturated carbocycles. The van der Waals surface area contributed by atoms with Crippen LogP contribution in [0.2, 0.25) is 0 Å². The van der Waals surface area contributed by atoms with Crippen LogP contribution >= 0.6 is 11.3 Å². The summed E-state index contributed by atoms with van der Waals surface area (Å²) in [6.45, 7) is 0. The molecule has 0 bridgehead atoms. The molecule has 126 valence electrons. The summed E-state index contributed by atoms with van der Waals surface area (Å²) < 4.78 is 0. The van der Waals surface area contributed by atoms with Gasteiger partial charge in [-0.1, -0.05) is 41.7 Å². The van der Waals surface area contributed by atoms with Crippen LogP contribution in [-0.2, 0) is 17.6 Å². The molecule has 0 aliphatic heterocycles. The van der Waals surface area contributed by atoms with Crippen molar-refractivity contribution in [1.29, 1.82) is 0 Å². The van der Waals surface area contributed by atoms with Gasteiger partial charge in [-0.15, -0.1) is 10.2 Å². The molecule has 25 heavy (non-hydrogen) atoms. The van der Waals surface area contributed by atoms with Crippen LogP contribution in [0.3, 0.4) is 0 Å². The van der Waals surface area contributed by atoms with E-state index in [1.54, 1.807) is 12.4 Å². The first kappa shape index (κ1) is 15.9. The first-order valence-corrected chi connectivity index (χ1v) is 9.21. The van der Waals surface area contributed by atoms with E-state index in [1.807, 2.05) is 12.1 Å². The third-order valence-electron chi connectivity index (χ3n) is 4.44. The largest absolute Gasteiger partial charge is 0.300 e. The van der Waals surface area contributed by atoms with E-state index in [-0.39, 0.29) is 18.2 Å². The Morgan fingerprint density at radius 3 is 3.00 bits per heavy atom. The molecule has 1 aliphatic rings. The van der Waals surface area contributed by atoms with Gasteiger partial charge in [0.15, 0.2) is 0 Å². The summed E-state index contributed by atoms with van der Waals surface area (Å²) in [4.78, 5) is 16.2. The predicted molar refractivity (Wildman–Crippen MR) is 97.7 cm³/mol. The Morgan fingerprint density at radius 2 is 2.12 bits per heavy atom. The minimum atomic E-state index is -0.0975. The third kappa shape index (κ3) is 3.58. The molecule has 1 atom stereocenters. The number of aryl methyl sites for hydroxylation is 1. The molecule has 1 aliphatic carbocycles. The highest BCUT2D eigenvalue weighted by atomic mass is 32.1. The van der Waals surface area contributed by atoms with Crippen molar-refractivity contribution in [2.75, 3.05) is 5.32 Å². The van der Waals surface area contributed by atoms with Crippen LogP contribution < -0.4 is 5.32 Å². The summed E-state index contributed by atoms with van der Waals surface area (Å²) in [7, 11) is 0. The van der Waals surface area contributed by atoms with Gasteiger partial charge in [0.2, 0.25) is 11.0 Å². The number of amides is 1. The standard InChI is InChI=1S/C19H18N4OS/c24-17(11-13-5-4-10-20-12-13)21-19-23-22-18(25-19)16-9-3-7-14-6-1-2-8-15(14)16/h1-2,4-6,8,10,12,16H,3,7,9,11H2,(H,21,23,24). The highest BCUT2D eigenvalue weighted by Gasteiger charge is 2.25. The Bertz CT molecular complexity index is 878. The summed E-state index contributed by atoms with van der Waals surface area (Å²) in [6, 6.07) is 12.3. The molecule has 2 heterocycles. The lowest BCUT2D eigenvalue weighted by Crippen LogP contribution is -2.14. The van der Waals surface area contributed by atoms with Crippen LogP contribution in [0.15, 0.2) is 48.8 Å². The van der Waals surface area contributed by atoms with Crippen LogP contribution in [-0.4, -0.2) is 21.1 Å². The minimum Gasteiger partial charge on any atom is -0.300 e. The zero-order valence-electron chi connectivity index (χ0n) is 13.7. The average molecular weight is 350 g/mol. The van der Waals surface area contributed by atoms with E-state index < -0.39 is 0 Å². The van der Waals surface area contributed by atoms with Crippen LogP contribution in [0.5, 0.6) is 0 Å². The second-order valence-electron chi connectivity index (χ2n) is 6.18. The van der Waals surface area contributed by atoms with Gasteiger partial charge in [0.05, 0.1) is 6.42 Å². The van der Waals surface area contributed by atoms with E-state index in [1.165, 1.54) is 22.5 Å². The molecule has 5 nitrogen and oxygen atoms in total. The Balaban J connectivity index is 1.47. The second-order valence-corrected chi connectivity index (χ2v) is 7.18. The van der Waals surface area contributed by atoms with Crippen molar-refractivity contribution >= 4 is 22.4 Å². The lowest BCUT2D eigenvalue weighted by Gasteiger charge is -2.23. The SMILES string of the molecule is O=C(Cc1cccnc1)Nc1nnc(C2CCCc3ccccc32)s1. The number of nitrogens with zero attached hydrogens (tertiary/aromatic N) is 3. The van der Waals surface area contributed by atoms with E-state index in [4.69, 9.17) is 0 Å². The van der Waals surface area contributed by atoms with E-state index in [0.29, 0.717) is 5.13 Å². The number of fused-ring (bicyclic) bond motifs is 1. The Labute approximate surface area is 150 Å². The molecule has 6 heteroatoms. The van der Waals surface area contributed by atoms with Crippen molar-refractivity contribution in [3.05, 3.63) is 70.5 Å². The number of nitrogens with one attached hydrogen (secondary N) is 1. The van der Waals surface area contributed by atoms with Crippen LogP contribution in [0.4, 0.5) is 5.13 Å². The van der Waals surface area contributed by atoms with Gasteiger partial charge in [-0.3, -0.25) is 9.78 Å². The van der Waals surface area contributed by atoms with Crippen molar-refractivity contribution in [3.63, 3.8) is 0 Å². The third-order valence-corrected chi connectivity index (χ3v) is 5.39. The first-order chi connectivity index (χ1) is 12.3. The topological polar surface area (TPSA) is 67.8 Å². The Morgan fingerprint density at radius 1 is 1.20 bits per heavy atom. The van der Waals surface area contributed by atoms with E-state index >= 15 is 0 Å². The van der Waals surface area contributed by atoms with Crippen LogP contribution in [0.1, 0.15) is 40.5 Å². The summed E-state index contributed by atoms with van der Waals surface area (Å²) in [6.07, 6.45) is 7.04. The van der Waals surface area contributed by atoms with Crippen molar-refractivity contribution in [1.82, 2.24) is 15.2 Å². The quantitative estimate of drug-likeness (QED) is 0.781. The first-order valence-electron chi connectivity index (χ1n) is 8.39. The van der Waals surface area contributed by atoms with Gasteiger partial charge >= 0.3 is 0 Å². The van der Waals surface area contributed by atoms with Crippen LogP contribution in [0.25, 0.3) is 0 Å². The zero-order valence-corrected chi connectivity index (χ0v) is 14.5. The van der Waals surface area contributed by atoms with Gasteiger partial charge in [0.1, 0.15) is 5.01 Å². The van der Waals surface area contributed by atoms with Crippen LogP contribution in [0, 0.1) is 0 Å². The molecule has 0 saturated heterocycles. The normalized spacial score (nSPS) is 16.2. The lowest BCUT2D eigenvalue weighted by atomic mass is 9.83. The van der Waals surface area contributed by atoms with E-state index in [0.717, 1.165) is 29.8 Å². The number of benzene rings is 1. The summed E-state index contributed by atoms with van der Waals surface area (Å²) >= 11 is 1.47. The molecular weight excluding hydrogens is 332 g/mol. The average Bonchev–Trinajstić information content (AvgIpc) is 3.10. The lowest BCUT2D eigenvalue weighted by molar-refractivity contribution is -0.115. The maximum atomic E-state index is 12.2. The predicted octanol–water partition coefficient (Wildman–Crippen LogP) is 3.58.